The first kappa shape index (κ1) is 9.85. The van der Waals surface area contributed by atoms with Crippen LogP contribution >= 0.6 is 0 Å². The molecule has 1 saturated heterocycles. The van der Waals surface area contributed by atoms with Crippen molar-refractivity contribution < 1.29 is 10.0 Å². The first-order valence-electron chi connectivity index (χ1n) is 4.56. The van der Waals surface area contributed by atoms with Gasteiger partial charge in [0.15, 0.2) is 0 Å². The smallest absolute Gasteiger partial charge is 0.274 e. The normalized spacial score (nSPS) is 18.4. The first-order chi connectivity index (χ1) is 6.98. The van der Waals surface area contributed by atoms with Gasteiger partial charge in [-0.3, -0.25) is 10.1 Å². The molecule has 0 atom stereocenters. The molecule has 0 spiro atoms. The standard InChI is InChI=1S/C9H11N3O3/c1-9(13)5-11(6-9)8-4-7(12(14)15)2-3-10-8/h2-4,13H,5-6H2,1H3. The summed E-state index contributed by atoms with van der Waals surface area (Å²) in [5, 5.41) is 20.0. The maximum atomic E-state index is 10.5. The lowest BCUT2D eigenvalue weighted by Crippen LogP contribution is -2.60. The van der Waals surface area contributed by atoms with Crippen LogP contribution in [-0.2, 0) is 0 Å². The van der Waals surface area contributed by atoms with Crippen LogP contribution in [0.25, 0.3) is 0 Å². The number of hydrogen-bond acceptors (Lipinski definition) is 5. The Morgan fingerprint density at radius 3 is 2.87 bits per heavy atom. The van der Waals surface area contributed by atoms with E-state index in [-0.39, 0.29) is 5.69 Å². The van der Waals surface area contributed by atoms with Gasteiger partial charge in [-0.25, -0.2) is 4.98 Å². The molecule has 0 bridgehead atoms. The van der Waals surface area contributed by atoms with Crippen LogP contribution in [0, 0.1) is 10.1 Å². The maximum Gasteiger partial charge on any atom is 0.274 e. The zero-order chi connectivity index (χ0) is 11.1. The molecule has 1 aromatic rings. The van der Waals surface area contributed by atoms with E-state index in [0.717, 1.165) is 0 Å². The van der Waals surface area contributed by atoms with Gasteiger partial charge in [0, 0.05) is 25.4 Å². The molecule has 0 saturated carbocycles. The number of β-amino-alcohol motifs (C(OH)–C–C–N with tert-alkyl or cyclic N) is 1. The van der Waals surface area contributed by atoms with Crippen molar-refractivity contribution >= 4 is 11.5 Å². The van der Waals surface area contributed by atoms with E-state index in [1.54, 1.807) is 11.8 Å². The van der Waals surface area contributed by atoms with Crippen LogP contribution < -0.4 is 4.90 Å². The average Bonchev–Trinajstić information content (AvgIpc) is 2.14. The fourth-order valence-corrected chi connectivity index (χ4v) is 1.63. The van der Waals surface area contributed by atoms with Gasteiger partial charge in [0.25, 0.3) is 5.69 Å². The van der Waals surface area contributed by atoms with Crippen LogP contribution in [0.15, 0.2) is 18.3 Å². The van der Waals surface area contributed by atoms with E-state index in [9.17, 15) is 15.2 Å². The monoisotopic (exact) mass is 209 g/mol. The molecule has 1 aromatic heterocycles. The third-order valence-corrected chi connectivity index (χ3v) is 2.33. The van der Waals surface area contributed by atoms with E-state index in [1.807, 2.05) is 0 Å². The van der Waals surface area contributed by atoms with Crippen molar-refractivity contribution in [2.75, 3.05) is 18.0 Å². The average molecular weight is 209 g/mol. The number of aliphatic hydroxyl groups is 1. The van der Waals surface area contributed by atoms with Crippen molar-refractivity contribution in [1.29, 1.82) is 0 Å². The zero-order valence-corrected chi connectivity index (χ0v) is 8.25. The number of aromatic nitrogens is 1. The lowest BCUT2D eigenvalue weighted by Gasteiger charge is -2.44. The highest BCUT2D eigenvalue weighted by atomic mass is 16.6. The minimum absolute atomic E-state index is 0.0199. The van der Waals surface area contributed by atoms with E-state index in [2.05, 4.69) is 4.98 Å². The Bertz CT molecular complexity index is 397. The molecule has 80 valence electrons. The first-order valence-corrected chi connectivity index (χ1v) is 4.56. The highest BCUT2D eigenvalue weighted by Crippen LogP contribution is 2.27. The van der Waals surface area contributed by atoms with Gasteiger partial charge >= 0.3 is 0 Å². The Morgan fingerprint density at radius 1 is 1.67 bits per heavy atom. The summed E-state index contributed by atoms with van der Waals surface area (Å²) in [6.07, 6.45) is 1.40. The molecule has 1 N–H and O–H groups in total. The number of hydrogen-bond donors (Lipinski definition) is 1. The Kier molecular flexibility index (Phi) is 2.08. The largest absolute Gasteiger partial charge is 0.386 e. The van der Waals surface area contributed by atoms with E-state index in [0.29, 0.717) is 18.9 Å². The van der Waals surface area contributed by atoms with Crippen molar-refractivity contribution in [3.63, 3.8) is 0 Å². The van der Waals surface area contributed by atoms with Gasteiger partial charge in [-0.2, -0.15) is 0 Å². The van der Waals surface area contributed by atoms with Crippen molar-refractivity contribution in [2.24, 2.45) is 0 Å². The van der Waals surface area contributed by atoms with Crippen LogP contribution in [0.3, 0.4) is 0 Å². The summed E-state index contributed by atoms with van der Waals surface area (Å²) in [4.78, 5) is 15.9. The molecule has 6 nitrogen and oxygen atoms in total. The summed E-state index contributed by atoms with van der Waals surface area (Å²) in [7, 11) is 0. The second kappa shape index (κ2) is 3.16. The number of nitro groups is 1. The second-order valence-corrected chi connectivity index (χ2v) is 3.98. The second-order valence-electron chi connectivity index (χ2n) is 3.98. The molecule has 0 aliphatic carbocycles. The van der Waals surface area contributed by atoms with Crippen molar-refractivity contribution in [1.82, 2.24) is 4.98 Å². The van der Waals surface area contributed by atoms with Gasteiger partial charge in [0.05, 0.1) is 16.6 Å². The third kappa shape index (κ3) is 1.89. The zero-order valence-electron chi connectivity index (χ0n) is 8.25. The van der Waals surface area contributed by atoms with Crippen LogP contribution in [0.5, 0.6) is 0 Å². The topological polar surface area (TPSA) is 79.5 Å². The molecule has 1 aliphatic heterocycles. The maximum absolute atomic E-state index is 10.5. The number of rotatable bonds is 2. The lowest BCUT2D eigenvalue weighted by atomic mass is 9.97. The molecule has 0 aromatic carbocycles. The molecule has 0 unspecified atom stereocenters. The minimum atomic E-state index is -0.702. The van der Waals surface area contributed by atoms with Gasteiger partial charge in [0.1, 0.15) is 5.82 Å². The highest BCUT2D eigenvalue weighted by molar-refractivity contribution is 5.49. The van der Waals surface area contributed by atoms with Gasteiger partial charge in [-0.15, -0.1) is 0 Å². The summed E-state index contributed by atoms with van der Waals surface area (Å²) in [5.41, 5.74) is -0.682. The molecule has 1 aliphatic rings. The third-order valence-electron chi connectivity index (χ3n) is 2.33. The Hall–Kier alpha value is -1.69. The van der Waals surface area contributed by atoms with Crippen LogP contribution in [0.2, 0.25) is 0 Å². The highest BCUT2D eigenvalue weighted by Gasteiger charge is 2.37. The fraction of sp³-hybridized carbons (Fsp3) is 0.444. The molecule has 6 heteroatoms. The van der Waals surface area contributed by atoms with E-state index in [4.69, 9.17) is 0 Å². The number of pyridine rings is 1. The number of nitrogens with zero attached hydrogens (tertiary/aromatic N) is 3. The summed E-state index contributed by atoms with van der Waals surface area (Å²) >= 11 is 0. The molecule has 2 rings (SSSR count). The minimum Gasteiger partial charge on any atom is -0.386 e. The number of anilines is 1. The molecular formula is C9H11N3O3. The predicted octanol–water partition coefficient (Wildman–Crippen LogP) is 0.561. The SMILES string of the molecule is CC1(O)CN(c2cc([N+](=O)[O-])ccn2)C1. The molecule has 0 amide bonds. The Labute approximate surface area is 86.3 Å². The Balaban J connectivity index is 2.17. The molecular weight excluding hydrogens is 198 g/mol. The van der Waals surface area contributed by atoms with Crippen molar-refractivity contribution in [3.05, 3.63) is 28.4 Å². The lowest BCUT2D eigenvalue weighted by molar-refractivity contribution is -0.384. The van der Waals surface area contributed by atoms with Crippen LogP contribution in [-0.4, -0.2) is 33.7 Å². The fourth-order valence-electron chi connectivity index (χ4n) is 1.63. The summed E-state index contributed by atoms with van der Waals surface area (Å²) in [5.74, 6) is 0.538. The van der Waals surface area contributed by atoms with Crippen LogP contribution in [0.1, 0.15) is 6.92 Å². The quantitative estimate of drug-likeness (QED) is 0.568. The van der Waals surface area contributed by atoms with E-state index in [1.165, 1.54) is 18.3 Å². The van der Waals surface area contributed by atoms with Gasteiger partial charge < -0.3 is 10.0 Å². The summed E-state index contributed by atoms with van der Waals surface area (Å²) in [6.45, 7) is 2.64. The summed E-state index contributed by atoms with van der Waals surface area (Å²) in [6, 6.07) is 2.76. The van der Waals surface area contributed by atoms with Gasteiger partial charge in [0.2, 0.25) is 0 Å². The van der Waals surface area contributed by atoms with E-state index < -0.39 is 10.5 Å². The van der Waals surface area contributed by atoms with Gasteiger partial charge in [-0.05, 0) is 6.92 Å². The van der Waals surface area contributed by atoms with E-state index >= 15 is 0 Å². The molecule has 0 radical (unpaired) electrons. The molecule has 2 heterocycles. The van der Waals surface area contributed by atoms with Crippen LogP contribution in [0.4, 0.5) is 11.5 Å². The van der Waals surface area contributed by atoms with Crippen molar-refractivity contribution in [3.8, 4) is 0 Å². The molecule has 15 heavy (non-hydrogen) atoms. The Morgan fingerprint density at radius 2 is 2.33 bits per heavy atom. The van der Waals surface area contributed by atoms with Gasteiger partial charge in [-0.1, -0.05) is 0 Å². The van der Waals surface area contributed by atoms with Crippen molar-refractivity contribution in [2.45, 2.75) is 12.5 Å². The summed E-state index contributed by atoms with van der Waals surface area (Å²) < 4.78 is 0. The predicted molar refractivity (Wildman–Crippen MR) is 53.7 cm³/mol. The molecule has 1 fully saturated rings.